The van der Waals surface area contributed by atoms with Crippen LogP contribution in [0.15, 0.2) is 41.5 Å². The second kappa shape index (κ2) is 2.41. The van der Waals surface area contributed by atoms with Crippen molar-refractivity contribution in [1.29, 1.82) is 0 Å². The predicted octanol–water partition coefficient (Wildman–Crippen LogP) is 2.84. The minimum absolute atomic E-state index is 0.304. The SMILES string of the molecule is O=C(C1=C2C3CC1CC23)c1ccccc1. The van der Waals surface area contributed by atoms with Crippen LogP contribution in [0.5, 0.6) is 0 Å². The third-order valence-corrected chi connectivity index (χ3v) is 4.25. The fourth-order valence-electron chi connectivity index (χ4n) is 3.60. The van der Waals surface area contributed by atoms with Gasteiger partial charge in [0, 0.05) is 11.1 Å². The summed E-state index contributed by atoms with van der Waals surface area (Å²) in [5.74, 6) is 2.55. The summed E-state index contributed by atoms with van der Waals surface area (Å²) >= 11 is 0. The van der Waals surface area contributed by atoms with Crippen LogP contribution in [0.3, 0.4) is 0 Å². The topological polar surface area (TPSA) is 17.1 Å². The first-order chi connectivity index (χ1) is 7.36. The van der Waals surface area contributed by atoms with Gasteiger partial charge in [-0.05, 0) is 30.6 Å². The van der Waals surface area contributed by atoms with Crippen molar-refractivity contribution in [3.8, 4) is 0 Å². The van der Waals surface area contributed by atoms with E-state index in [0.717, 1.165) is 17.4 Å². The van der Waals surface area contributed by atoms with Gasteiger partial charge in [0.1, 0.15) is 0 Å². The van der Waals surface area contributed by atoms with Crippen LogP contribution in [0.25, 0.3) is 0 Å². The highest BCUT2D eigenvalue weighted by Gasteiger charge is 2.61. The molecule has 0 radical (unpaired) electrons. The lowest BCUT2D eigenvalue weighted by atomic mass is 9.96. The van der Waals surface area contributed by atoms with E-state index < -0.39 is 0 Å². The molecule has 74 valence electrons. The van der Waals surface area contributed by atoms with Crippen LogP contribution < -0.4 is 0 Å². The Labute approximate surface area is 88.8 Å². The number of allylic oxidation sites excluding steroid dienone is 2. The number of hydrogen-bond donors (Lipinski definition) is 0. The molecule has 2 fully saturated rings. The lowest BCUT2D eigenvalue weighted by Gasteiger charge is -2.07. The molecule has 0 spiro atoms. The quantitative estimate of drug-likeness (QED) is 0.665. The van der Waals surface area contributed by atoms with Gasteiger partial charge in [0.2, 0.25) is 0 Å². The predicted molar refractivity (Wildman–Crippen MR) is 57.5 cm³/mol. The third-order valence-electron chi connectivity index (χ3n) is 4.25. The number of benzene rings is 1. The third kappa shape index (κ3) is 0.865. The molecule has 4 bridgehead atoms. The average molecular weight is 196 g/mol. The molecular formula is C14H12O. The summed E-state index contributed by atoms with van der Waals surface area (Å²) in [5, 5.41) is 0. The van der Waals surface area contributed by atoms with Crippen LogP contribution in [0.4, 0.5) is 0 Å². The summed E-state index contributed by atoms with van der Waals surface area (Å²) in [7, 11) is 0. The Bertz CT molecular complexity index is 469. The van der Waals surface area contributed by atoms with E-state index in [2.05, 4.69) is 0 Å². The highest BCUT2D eigenvalue weighted by molar-refractivity contribution is 6.11. The first-order valence-electron chi connectivity index (χ1n) is 5.70. The molecule has 1 heteroatoms. The van der Waals surface area contributed by atoms with Crippen molar-refractivity contribution >= 4 is 5.78 Å². The molecule has 2 atom stereocenters. The number of hydrogen-bond acceptors (Lipinski definition) is 1. The van der Waals surface area contributed by atoms with Gasteiger partial charge in [-0.2, -0.15) is 0 Å². The molecule has 0 aromatic heterocycles. The Hall–Kier alpha value is -1.37. The van der Waals surface area contributed by atoms with Gasteiger partial charge in [0.25, 0.3) is 0 Å². The number of rotatable bonds is 2. The Balaban J connectivity index is 1.77. The molecule has 4 aliphatic rings. The molecular weight excluding hydrogens is 184 g/mol. The fourth-order valence-corrected chi connectivity index (χ4v) is 3.60. The summed E-state index contributed by atoms with van der Waals surface area (Å²) in [6.07, 6.45) is 2.54. The zero-order chi connectivity index (χ0) is 9.99. The molecule has 0 heterocycles. The van der Waals surface area contributed by atoms with Crippen LogP contribution in [0.1, 0.15) is 23.2 Å². The van der Waals surface area contributed by atoms with E-state index in [1.54, 1.807) is 0 Å². The van der Waals surface area contributed by atoms with E-state index in [1.807, 2.05) is 30.3 Å². The van der Waals surface area contributed by atoms with Crippen molar-refractivity contribution < 1.29 is 4.79 Å². The van der Waals surface area contributed by atoms with Crippen molar-refractivity contribution in [1.82, 2.24) is 0 Å². The number of ketones is 1. The van der Waals surface area contributed by atoms with Gasteiger partial charge in [0.05, 0.1) is 0 Å². The molecule has 0 amide bonds. The number of carbonyl (C=O) groups is 1. The van der Waals surface area contributed by atoms with Gasteiger partial charge < -0.3 is 0 Å². The molecule has 0 saturated heterocycles. The number of Topliss-reactive ketones (excluding diaryl/α,β-unsaturated/α-hetero) is 1. The largest absolute Gasteiger partial charge is 0.289 e. The van der Waals surface area contributed by atoms with Crippen molar-refractivity contribution in [3.05, 3.63) is 47.0 Å². The standard InChI is InChI=1S/C14H12O/c15-14(8-4-2-1-3-5-8)12-9-6-10-11(7-9)13(10)12/h1-5,9-11H,6-7H2. The second-order valence-electron chi connectivity index (χ2n) is 4.95. The molecule has 4 aliphatic carbocycles. The highest BCUT2D eigenvalue weighted by atomic mass is 16.1. The van der Waals surface area contributed by atoms with E-state index in [0.29, 0.717) is 11.7 Å². The molecule has 1 aromatic rings. The highest BCUT2D eigenvalue weighted by Crippen LogP contribution is 2.69. The van der Waals surface area contributed by atoms with Crippen LogP contribution in [-0.4, -0.2) is 5.78 Å². The maximum Gasteiger partial charge on any atom is 0.189 e. The smallest absolute Gasteiger partial charge is 0.189 e. The summed E-state index contributed by atoms with van der Waals surface area (Å²) in [6.45, 7) is 0. The van der Waals surface area contributed by atoms with Crippen molar-refractivity contribution in [2.75, 3.05) is 0 Å². The molecule has 1 aromatic carbocycles. The van der Waals surface area contributed by atoms with Crippen LogP contribution in [-0.2, 0) is 0 Å². The van der Waals surface area contributed by atoms with Crippen LogP contribution >= 0.6 is 0 Å². The van der Waals surface area contributed by atoms with Gasteiger partial charge in [-0.15, -0.1) is 0 Å². The molecule has 0 N–H and O–H groups in total. The first-order valence-corrected chi connectivity index (χ1v) is 5.70. The van der Waals surface area contributed by atoms with E-state index in [-0.39, 0.29) is 0 Å². The average Bonchev–Trinajstić information content (AvgIpc) is 2.73. The van der Waals surface area contributed by atoms with E-state index in [4.69, 9.17) is 0 Å². The Kier molecular flexibility index (Phi) is 1.26. The normalized spacial score (nSPS) is 34.8. The second-order valence-corrected chi connectivity index (χ2v) is 4.95. The van der Waals surface area contributed by atoms with Gasteiger partial charge in [0.15, 0.2) is 5.78 Å². The lowest BCUT2D eigenvalue weighted by Crippen LogP contribution is -2.07. The van der Waals surface area contributed by atoms with E-state index in [9.17, 15) is 4.79 Å². The van der Waals surface area contributed by atoms with Gasteiger partial charge in [-0.3, -0.25) is 4.79 Å². The van der Waals surface area contributed by atoms with Crippen LogP contribution in [0, 0.1) is 17.8 Å². The molecule has 2 saturated carbocycles. The summed E-state index contributed by atoms with van der Waals surface area (Å²) in [4.78, 5) is 12.3. The summed E-state index contributed by atoms with van der Waals surface area (Å²) in [5.41, 5.74) is 3.59. The zero-order valence-corrected chi connectivity index (χ0v) is 8.44. The number of carbonyl (C=O) groups excluding carboxylic acids is 1. The van der Waals surface area contributed by atoms with E-state index >= 15 is 0 Å². The van der Waals surface area contributed by atoms with Crippen molar-refractivity contribution in [3.63, 3.8) is 0 Å². The Morgan fingerprint density at radius 3 is 2.27 bits per heavy atom. The minimum atomic E-state index is 0.304. The molecule has 5 rings (SSSR count). The van der Waals surface area contributed by atoms with E-state index in [1.165, 1.54) is 24.0 Å². The van der Waals surface area contributed by atoms with Crippen LogP contribution in [0.2, 0.25) is 0 Å². The minimum Gasteiger partial charge on any atom is -0.289 e. The Morgan fingerprint density at radius 2 is 1.73 bits per heavy atom. The van der Waals surface area contributed by atoms with Gasteiger partial charge in [-0.1, -0.05) is 35.9 Å². The molecule has 1 nitrogen and oxygen atoms in total. The monoisotopic (exact) mass is 196 g/mol. The van der Waals surface area contributed by atoms with Gasteiger partial charge >= 0.3 is 0 Å². The fraction of sp³-hybridized carbons (Fsp3) is 0.357. The molecule has 15 heavy (non-hydrogen) atoms. The van der Waals surface area contributed by atoms with Gasteiger partial charge in [-0.25, -0.2) is 0 Å². The maximum absolute atomic E-state index is 12.3. The lowest BCUT2D eigenvalue weighted by molar-refractivity contribution is 0.102. The summed E-state index contributed by atoms with van der Waals surface area (Å²) in [6, 6.07) is 9.72. The zero-order valence-electron chi connectivity index (χ0n) is 8.44. The summed E-state index contributed by atoms with van der Waals surface area (Å²) < 4.78 is 0. The molecule has 2 unspecified atom stereocenters. The van der Waals surface area contributed by atoms with Crippen molar-refractivity contribution in [2.24, 2.45) is 17.8 Å². The first kappa shape index (κ1) is 7.86. The van der Waals surface area contributed by atoms with Crippen molar-refractivity contribution in [2.45, 2.75) is 12.8 Å². The Morgan fingerprint density at radius 1 is 1.07 bits per heavy atom. The maximum atomic E-state index is 12.3. The molecule has 0 aliphatic heterocycles.